The molecule has 0 aliphatic carbocycles. The third kappa shape index (κ3) is 13.5. The fraction of sp³-hybridized carbons (Fsp3) is 0.804. The molecule has 64 heavy (non-hydrogen) atoms. The molecular weight excluding hydrogens is 850 g/mol. The van der Waals surface area contributed by atoms with Crippen molar-refractivity contribution in [3.05, 3.63) is 41.7 Å². The van der Waals surface area contributed by atoms with Gasteiger partial charge in [0, 0.05) is 57.1 Å². The summed E-state index contributed by atoms with van der Waals surface area (Å²) in [7, 11) is 1.93. The quantitative estimate of drug-likeness (QED) is 0.188. The fourth-order valence-electron chi connectivity index (χ4n) is 9.86. The molecule has 2 fully saturated rings. The number of aliphatic hydroxyl groups is 4. The maximum absolute atomic E-state index is 14.3. The number of methoxy groups -OCH3 is 1. The average molecular weight is 928 g/mol. The zero-order chi connectivity index (χ0) is 47.9. The van der Waals surface area contributed by atoms with Crippen LogP contribution in [0.4, 0.5) is 4.39 Å². The molecule has 0 unspecified atom stereocenters. The fourth-order valence-corrected chi connectivity index (χ4v) is 10.5. The Labute approximate surface area is 380 Å². The molecule has 2 aliphatic heterocycles. The Balaban J connectivity index is 1.48. The van der Waals surface area contributed by atoms with Crippen molar-refractivity contribution in [3.8, 4) is 0 Å². The maximum atomic E-state index is 14.3. The zero-order valence-electron chi connectivity index (χ0n) is 40.1. The van der Waals surface area contributed by atoms with Crippen LogP contribution in [0.5, 0.6) is 0 Å². The molecule has 0 saturated carbocycles. The number of halogens is 1. The first-order valence-electron chi connectivity index (χ1n) is 22.9. The van der Waals surface area contributed by atoms with Gasteiger partial charge in [0.1, 0.15) is 30.6 Å². The van der Waals surface area contributed by atoms with Crippen LogP contribution in [-0.2, 0) is 46.4 Å². The van der Waals surface area contributed by atoms with Crippen LogP contribution >= 0.6 is 0 Å². The van der Waals surface area contributed by atoms with Crippen molar-refractivity contribution >= 4 is 15.8 Å². The standard InChI is InChI=1S/C46H78FN5O11S/c1-13-38-46(8,57)41(54)32(6)51(10)26-28(2)24-45(7,56)42(30(4)40(60-11)31(5)43(55)62-38)63-44-39(53)37(23-29(3)61-44)50(9)22-21-34-27-52(49-48-34)35(25-47)16-14-15-33-17-19-36(20-18-33)64(12,58)59/h17-20,27-32,35,37-42,44,53-54,56-57H,13-16,21-26H2,1-12H3/t28-,29-,30+,31-,32-,35+,37+,38-,39-,40+,41-,42-,44+,45-,46-/m1/s1. The summed E-state index contributed by atoms with van der Waals surface area (Å²) in [5, 5.41) is 56.0. The number of ether oxygens (including phenoxy) is 4. The summed E-state index contributed by atoms with van der Waals surface area (Å²) >= 11 is 0. The van der Waals surface area contributed by atoms with Gasteiger partial charge in [0.15, 0.2) is 16.1 Å². The van der Waals surface area contributed by atoms with Crippen LogP contribution in [0.25, 0.3) is 0 Å². The molecule has 0 amide bonds. The lowest BCUT2D eigenvalue weighted by Gasteiger charge is -2.47. The molecular formula is C46H78FN5O11S. The Hall–Kier alpha value is -2.65. The van der Waals surface area contributed by atoms with Gasteiger partial charge in [-0.3, -0.25) is 4.79 Å². The molecule has 15 atom stereocenters. The van der Waals surface area contributed by atoms with Crippen LogP contribution in [0.2, 0.25) is 0 Å². The smallest absolute Gasteiger partial charge is 0.311 e. The van der Waals surface area contributed by atoms with E-state index in [-0.39, 0.29) is 29.8 Å². The first kappa shape index (κ1) is 54.0. The van der Waals surface area contributed by atoms with E-state index in [1.165, 1.54) is 20.3 Å². The summed E-state index contributed by atoms with van der Waals surface area (Å²) in [5.74, 6) is -2.30. The third-order valence-corrected chi connectivity index (χ3v) is 14.9. The van der Waals surface area contributed by atoms with Gasteiger partial charge >= 0.3 is 5.97 Å². The number of rotatable bonds is 15. The Morgan fingerprint density at radius 1 is 1.08 bits per heavy atom. The van der Waals surface area contributed by atoms with Crippen molar-refractivity contribution in [2.24, 2.45) is 17.8 Å². The van der Waals surface area contributed by atoms with E-state index in [4.69, 9.17) is 18.9 Å². The molecule has 0 radical (unpaired) electrons. The summed E-state index contributed by atoms with van der Waals surface area (Å²) in [6.07, 6.45) is -0.527. The van der Waals surface area contributed by atoms with Gasteiger partial charge in [-0.05, 0) is 111 Å². The second kappa shape index (κ2) is 22.9. The first-order valence-corrected chi connectivity index (χ1v) is 24.8. The Morgan fingerprint density at radius 2 is 1.73 bits per heavy atom. The van der Waals surface area contributed by atoms with Gasteiger partial charge in [0.25, 0.3) is 0 Å². The second-order valence-corrected chi connectivity index (χ2v) is 21.4. The van der Waals surface area contributed by atoms with Gasteiger partial charge in [0.05, 0.1) is 46.5 Å². The number of alkyl halides is 1. The molecule has 1 aromatic heterocycles. The second-order valence-electron chi connectivity index (χ2n) is 19.4. The lowest BCUT2D eigenvalue weighted by atomic mass is 9.78. The van der Waals surface area contributed by atoms with Crippen LogP contribution in [0.15, 0.2) is 35.4 Å². The van der Waals surface area contributed by atoms with Crippen molar-refractivity contribution in [1.29, 1.82) is 0 Å². The molecule has 0 bridgehead atoms. The molecule has 16 nitrogen and oxygen atoms in total. The van der Waals surface area contributed by atoms with Gasteiger partial charge in [-0.2, -0.15) is 0 Å². The zero-order valence-corrected chi connectivity index (χ0v) is 40.9. The number of aryl methyl sites for hydroxylation is 1. The number of sulfone groups is 1. The number of esters is 1. The Morgan fingerprint density at radius 3 is 2.33 bits per heavy atom. The highest BCUT2D eigenvalue weighted by Crippen LogP contribution is 2.37. The molecule has 366 valence electrons. The number of hydrogen-bond acceptors (Lipinski definition) is 15. The molecule has 1 aromatic carbocycles. The Kier molecular flexibility index (Phi) is 19.3. The van der Waals surface area contributed by atoms with Gasteiger partial charge in [-0.25, -0.2) is 17.5 Å². The highest BCUT2D eigenvalue weighted by atomic mass is 32.2. The highest BCUT2D eigenvalue weighted by Gasteiger charge is 2.50. The van der Waals surface area contributed by atoms with Crippen molar-refractivity contribution in [3.63, 3.8) is 0 Å². The van der Waals surface area contributed by atoms with E-state index in [1.807, 2.05) is 44.7 Å². The van der Waals surface area contributed by atoms with Gasteiger partial charge < -0.3 is 49.2 Å². The largest absolute Gasteiger partial charge is 0.459 e. The minimum Gasteiger partial charge on any atom is -0.459 e. The number of carbonyl (C=O) groups is 1. The minimum atomic E-state index is -3.28. The number of nitrogens with zero attached hydrogens (tertiary/aromatic N) is 5. The number of aliphatic hydroxyl groups excluding tert-OH is 2. The monoisotopic (exact) mass is 928 g/mol. The van der Waals surface area contributed by atoms with Crippen molar-refractivity contribution in [2.75, 3.05) is 47.2 Å². The number of aromatic nitrogens is 3. The van der Waals surface area contributed by atoms with Crippen LogP contribution < -0.4 is 0 Å². The summed E-state index contributed by atoms with van der Waals surface area (Å²) in [4.78, 5) is 18.0. The van der Waals surface area contributed by atoms with E-state index < -0.39 is 100 Å². The summed E-state index contributed by atoms with van der Waals surface area (Å²) in [6.45, 7) is 14.4. The van der Waals surface area contributed by atoms with Gasteiger partial charge in [-0.1, -0.05) is 38.1 Å². The molecule has 0 spiro atoms. The van der Waals surface area contributed by atoms with E-state index in [0.29, 0.717) is 50.9 Å². The van der Waals surface area contributed by atoms with Crippen molar-refractivity contribution in [1.82, 2.24) is 24.8 Å². The Bertz CT molecular complexity index is 1870. The highest BCUT2D eigenvalue weighted by molar-refractivity contribution is 7.90. The summed E-state index contributed by atoms with van der Waals surface area (Å²) in [5.41, 5.74) is -1.66. The van der Waals surface area contributed by atoms with Crippen LogP contribution in [-0.4, -0.2) is 173 Å². The minimum absolute atomic E-state index is 0.136. The topological polar surface area (TPSA) is 206 Å². The van der Waals surface area contributed by atoms with E-state index in [0.717, 1.165) is 5.56 Å². The normalized spacial score (nSPS) is 36.0. The van der Waals surface area contributed by atoms with Crippen LogP contribution in [0, 0.1) is 17.8 Å². The number of likely N-dealkylation sites (N-methyl/N-ethyl adjacent to an activating group) is 2. The molecule has 2 aliphatic rings. The lowest BCUT2D eigenvalue weighted by Crippen LogP contribution is -2.59. The first-order chi connectivity index (χ1) is 29.9. The molecule has 4 N–H and O–H groups in total. The molecule has 2 saturated heterocycles. The SMILES string of the molecule is CC[C@H]1OC(=O)[C@H](C)[C@@H](OC)[C@H](C)[C@@H](O[C@@H]2O[C@H](C)C[C@H](N(C)CCc3cn([C@H](CF)CCCc4ccc(S(C)(=O)=O)cc4)nn3)[C@H]2O)[C@](C)(O)C[C@@H](C)CN(C)[C@H](C)[C@@H](O)[C@]1(C)O. The molecule has 3 heterocycles. The van der Waals surface area contributed by atoms with Crippen molar-refractivity contribution in [2.45, 2.75) is 177 Å². The molecule has 2 aromatic rings. The third-order valence-electron chi connectivity index (χ3n) is 13.8. The van der Waals surface area contributed by atoms with Crippen LogP contribution in [0.3, 0.4) is 0 Å². The molecule has 4 rings (SSSR count). The predicted molar refractivity (Wildman–Crippen MR) is 240 cm³/mol. The number of carbonyl (C=O) groups excluding carboxylic acids is 1. The van der Waals surface area contributed by atoms with Crippen LogP contribution in [0.1, 0.15) is 105 Å². The van der Waals surface area contributed by atoms with Gasteiger partial charge in [-0.15, -0.1) is 5.10 Å². The predicted octanol–water partition coefficient (Wildman–Crippen LogP) is 3.77. The number of benzene rings is 1. The van der Waals surface area contributed by atoms with E-state index in [2.05, 4.69) is 10.3 Å². The lowest BCUT2D eigenvalue weighted by molar-refractivity contribution is -0.300. The van der Waals surface area contributed by atoms with E-state index >= 15 is 0 Å². The van der Waals surface area contributed by atoms with Gasteiger partial charge in [0.2, 0.25) is 0 Å². The molecule has 18 heteroatoms. The number of hydrogen-bond donors (Lipinski definition) is 4. The van der Waals surface area contributed by atoms with E-state index in [9.17, 15) is 38.0 Å². The van der Waals surface area contributed by atoms with E-state index in [1.54, 1.807) is 62.8 Å². The number of cyclic esters (lactones) is 1. The summed E-state index contributed by atoms with van der Waals surface area (Å²) in [6, 6.07) is 5.28. The van der Waals surface area contributed by atoms with Crippen molar-refractivity contribution < 1.29 is 57.0 Å². The summed E-state index contributed by atoms with van der Waals surface area (Å²) < 4.78 is 64.3. The average Bonchev–Trinajstić information content (AvgIpc) is 3.70. The maximum Gasteiger partial charge on any atom is 0.311 e.